The van der Waals surface area contributed by atoms with E-state index in [2.05, 4.69) is 14.9 Å². The highest BCUT2D eigenvalue weighted by Crippen LogP contribution is 2.25. The van der Waals surface area contributed by atoms with E-state index in [1.165, 1.54) is 6.07 Å². The Morgan fingerprint density at radius 1 is 1.12 bits per heavy atom. The number of ether oxygens (including phenoxy) is 1. The molecule has 1 aliphatic rings. The summed E-state index contributed by atoms with van der Waals surface area (Å²) in [4.78, 5) is 11.2. The molecule has 0 radical (unpaired) electrons. The van der Waals surface area contributed by atoms with Gasteiger partial charge < -0.3 is 10.5 Å². The Morgan fingerprint density at radius 2 is 1.92 bits per heavy atom. The van der Waals surface area contributed by atoms with E-state index in [0.29, 0.717) is 36.9 Å². The average Bonchev–Trinajstić information content (AvgIpc) is 2.62. The van der Waals surface area contributed by atoms with E-state index < -0.39 is 0 Å². The quantitative estimate of drug-likeness (QED) is 0.795. The number of fused-ring (bicyclic) bond motifs is 1. The molecule has 2 aromatic carbocycles. The molecule has 1 aromatic heterocycles. The first-order valence-electron chi connectivity index (χ1n) is 8.30. The molecule has 5 nitrogen and oxygen atoms in total. The highest BCUT2D eigenvalue weighted by molar-refractivity contribution is 5.87. The topological polar surface area (TPSA) is 64.3 Å². The molecule has 1 unspecified atom stereocenters. The second-order valence-corrected chi connectivity index (χ2v) is 6.16. The van der Waals surface area contributed by atoms with Crippen LogP contribution in [0.4, 0.5) is 10.2 Å². The third kappa shape index (κ3) is 3.31. The van der Waals surface area contributed by atoms with Crippen LogP contribution in [0, 0.1) is 5.82 Å². The van der Waals surface area contributed by atoms with Gasteiger partial charge in [-0.15, -0.1) is 0 Å². The van der Waals surface area contributed by atoms with Crippen LogP contribution in [0.25, 0.3) is 10.9 Å². The highest BCUT2D eigenvalue weighted by atomic mass is 19.1. The van der Waals surface area contributed by atoms with Crippen molar-refractivity contribution < 1.29 is 9.13 Å². The van der Waals surface area contributed by atoms with E-state index in [1.807, 2.05) is 30.3 Å². The summed E-state index contributed by atoms with van der Waals surface area (Å²) in [6.45, 7) is 2.45. The summed E-state index contributed by atoms with van der Waals surface area (Å²) in [6.07, 6.45) is -0.284. The number of aromatic nitrogens is 2. The van der Waals surface area contributed by atoms with Crippen LogP contribution < -0.4 is 5.73 Å². The number of anilines is 1. The van der Waals surface area contributed by atoms with Gasteiger partial charge >= 0.3 is 0 Å². The minimum absolute atomic E-state index is 0.236. The van der Waals surface area contributed by atoms with Crippen molar-refractivity contribution in [3.8, 4) is 0 Å². The van der Waals surface area contributed by atoms with Gasteiger partial charge in [0.1, 0.15) is 17.5 Å². The second-order valence-electron chi connectivity index (χ2n) is 6.16. The van der Waals surface area contributed by atoms with Crippen molar-refractivity contribution in [1.82, 2.24) is 14.9 Å². The number of nitrogens with two attached hydrogens (primary N) is 1. The van der Waals surface area contributed by atoms with Gasteiger partial charge in [0.05, 0.1) is 24.8 Å². The summed E-state index contributed by atoms with van der Waals surface area (Å²) in [6, 6.07) is 14.4. The minimum atomic E-state index is -0.284. The monoisotopic (exact) mass is 338 g/mol. The van der Waals surface area contributed by atoms with Gasteiger partial charge in [0.2, 0.25) is 0 Å². The first kappa shape index (κ1) is 15.9. The van der Waals surface area contributed by atoms with Gasteiger partial charge in [-0.3, -0.25) is 4.90 Å². The SMILES string of the molecule is Nc1nc(CN2CCOC(c3ccccc3F)C2)nc2ccccc12. The van der Waals surface area contributed by atoms with E-state index in [0.717, 1.165) is 17.4 Å². The van der Waals surface area contributed by atoms with E-state index in [1.54, 1.807) is 12.1 Å². The van der Waals surface area contributed by atoms with Crippen LogP contribution in [0.15, 0.2) is 48.5 Å². The average molecular weight is 338 g/mol. The van der Waals surface area contributed by atoms with Crippen molar-refractivity contribution in [3.63, 3.8) is 0 Å². The summed E-state index contributed by atoms with van der Waals surface area (Å²) in [7, 11) is 0. The van der Waals surface area contributed by atoms with Crippen molar-refractivity contribution in [2.45, 2.75) is 12.6 Å². The van der Waals surface area contributed by atoms with Crippen molar-refractivity contribution in [2.75, 3.05) is 25.4 Å². The Bertz CT molecular complexity index is 901. The summed E-state index contributed by atoms with van der Waals surface area (Å²) in [5.41, 5.74) is 7.48. The van der Waals surface area contributed by atoms with Gasteiger partial charge in [-0.25, -0.2) is 14.4 Å². The van der Waals surface area contributed by atoms with Crippen molar-refractivity contribution in [1.29, 1.82) is 0 Å². The third-order valence-corrected chi connectivity index (χ3v) is 4.45. The molecular formula is C19H19FN4O. The number of nitrogen functional groups attached to an aromatic ring is 1. The summed E-state index contributed by atoms with van der Waals surface area (Å²) < 4.78 is 19.8. The number of morpholine rings is 1. The predicted molar refractivity (Wildman–Crippen MR) is 94.3 cm³/mol. The molecule has 1 atom stereocenters. The molecule has 1 fully saturated rings. The van der Waals surface area contributed by atoms with Gasteiger partial charge in [0.25, 0.3) is 0 Å². The maximum Gasteiger partial charge on any atom is 0.145 e. The molecule has 0 aliphatic carbocycles. The lowest BCUT2D eigenvalue weighted by Crippen LogP contribution is -2.38. The number of rotatable bonds is 3. The molecular weight excluding hydrogens is 319 g/mol. The fourth-order valence-electron chi connectivity index (χ4n) is 3.19. The number of nitrogens with zero attached hydrogens (tertiary/aromatic N) is 3. The Hall–Kier alpha value is -2.57. The standard InChI is InChI=1S/C19H19FN4O/c20-15-7-3-1-5-13(15)17-11-24(9-10-25-17)12-18-22-16-8-4-2-6-14(16)19(21)23-18/h1-8,17H,9-12H2,(H2,21,22,23). The van der Waals surface area contributed by atoms with E-state index >= 15 is 0 Å². The fourth-order valence-corrected chi connectivity index (χ4v) is 3.19. The zero-order valence-electron chi connectivity index (χ0n) is 13.7. The molecule has 3 aromatic rings. The number of para-hydroxylation sites is 1. The number of hydrogen-bond donors (Lipinski definition) is 1. The molecule has 1 saturated heterocycles. The van der Waals surface area contributed by atoms with Crippen LogP contribution in [-0.4, -0.2) is 34.6 Å². The summed E-state index contributed by atoms with van der Waals surface area (Å²) in [5, 5.41) is 0.859. The van der Waals surface area contributed by atoms with Gasteiger partial charge in [0, 0.05) is 24.0 Å². The molecule has 0 saturated carbocycles. The van der Waals surface area contributed by atoms with Crippen LogP contribution in [0.3, 0.4) is 0 Å². The fraction of sp³-hybridized carbons (Fsp3) is 0.263. The third-order valence-electron chi connectivity index (χ3n) is 4.45. The second kappa shape index (κ2) is 6.74. The molecule has 2 heterocycles. The molecule has 0 amide bonds. The Balaban J connectivity index is 1.54. The lowest BCUT2D eigenvalue weighted by atomic mass is 10.1. The van der Waals surface area contributed by atoms with Gasteiger partial charge in [0.15, 0.2) is 0 Å². The lowest BCUT2D eigenvalue weighted by molar-refractivity contribution is -0.0351. The smallest absolute Gasteiger partial charge is 0.145 e. The molecule has 128 valence electrons. The minimum Gasteiger partial charge on any atom is -0.383 e. The Kier molecular flexibility index (Phi) is 4.29. The molecule has 2 N–H and O–H groups in total. The maximum absolute atomic E-state index is 14.0. The van der Waals surface area contributed by atoms with Crippen LogP contribution in [0.5, 0.6) is 0 Å². The van der Waals surface area contributed by atoms with E-state index in [9.17, 15) is 4.39 Å². The number of hydrogen-bond acceptors (Lipinski definition) is 5. The van der Waals surface area contributed by atoms with Crippen molar-refractivity contribution >= 4 is 16.7 Å². The molecule has 0 spiro atoms. The highest BCUT2D eigenvalue weighted by Gasteiger charge is 2.24. The summed E-state index contributed by atoms with van der Waals surface area (Å²) >= 11 is 0. The van der Waals surface area contributed by atoms with E-state index in [-0.39, 0.29) is 11.9 Å². The molecule has 0 bridgehead atoms. The van der Waals surface area contributed by atoms with Gasteiger partial charge in [-0.2, -0.15) is 0 Å². The van der Waals surface area contributed by atoms with Gasteiger partial charge in [-0.05, 0) is 18.2 Å². The van der Waals surface area contributed by atoms with Crippen LogP contribution >= 0.6 is 0 Å². The molecule has 1 aliphatic heterocycles. The molecule has 25 heavy (non-hydrogen) atoms. The van der Waals surface area contributed by atoms with Gasteiger partial charge in [-0.1, -0.05) is 30.3 Å². The van der Waals surface area contributed by atoms with Crippen molar-refractivity contribution in [2.24, 2.45) is 0 Å². The van der Waals surface area contributed by atoms with Crippen LogP contribution in [-0.2, 0) is 11.3 Å². The van der Waals surface area contributed by atoms with E-state index in [4.69, 9.17) is 10.5 Å². The molecule has 6 heteroatoms. The summed E-state index contributed by atoms with van der Waals surface area (Å²) in [5.74, 6) is 0.922. The predicted octanol–water partition coefficient (Wildman–Crippen LogP) is 2.92. The normalized spacial score (nSPS) is 18.5. The number of halogens is 1. The largest absolute Gasteiger partial charge is 0.383 e. The molecule has 4 rings (SSSR count). The van der Waals surface area contributed by atoms with Crippen LogP contribution in [0.2, 0.25) is 0 Å². The zero-order chi connectivity index (χ0) is 17.2. The Labute approximate surface area is 145 Å². The lowest BCUT2D eigenvalue weighted by Gasteiger charge is -2.32. The maximum atomic E-state index is 14.0. The first-order chi connectivity index (χ1) is 12.2. The first-order valence-corrected chi connectivity index (χ1v) is 8.30. The van der Waals surface area contributed by atoms with Crippen LogP contribution in [0.1, 0.15) is 17.5 Å². The van der Waals surface area contributed by atoms with Crippen molar-refractivity contribution in [3.05, 3.63) is 65.7 Å². The number of benzene rings is 2. The Morgan fingerprint density at radius 3 is 2.80 bits per heavy atom. The zero-order valence-corrected chi connectivity index (χ0v) is 13.7.